The summed E-state index contributed by atoms with van der Waals surface area (Å²) in [5.41, 5.74) is 3.92. The van der Waals surface area contributed by atoms with Gasteiger partial charge < -0.3 is 15.1 Å². The number of hydrogen-bond acceptors (Lipinski definition) is 4. The highest BCUT2D eigenvalue weighted by atomic mass is 32.1. The molecule has 0 fully saturated rings. The van der Waals surface area contributed by atoms with Crippen LogP contribution in [0.25, 0.3) is 0 Å². The van der Waals surface area contributed by atoms with E-state index in [2.05, 4.69) is 68.7 Å². The lowest BCUT2D eigenvalue weighted by atomic mass is 10.2. The van der Waals surface area contributed by atoms with Crippen molar-refractivity contribution in [2.24, 2.45) is 4.99 Å². The Morgan fingerprint density at radius 2 is 2.24 bits per heavy atom. The first-order chi connectivity index (χ1) is 12.1. The van der Waals surface area contributed by atoms with Crippen LogP contribution >= 0.6 is 11.3 Å². The number of nitrogens with one attached hydrogen (secondary N) is 1. The van der Waals surface area contributed by atoms with Crippen molar-refractivity contribution in [3.05, 3.63) is 45.9 Å². The maximum Gasteiger partial charge on any atom is 0.193 e. The van der Waals surface area contributed by atoms with Crippen molar-refractivity contribution in [3.8, 4) is 0 Å². The average molecular weight is 358 g/mol. The molecule has 0 bridgehead atoms. The Morgan fingerprint density at radius 3 is 2.96 bits per heavy atom. The van der Waals surface area contributed by atoms with Gasteiger partial charge in [0.05, 0.1) is 17.2 Å². The van der Waals surface area contributed by atoms with Gasteiger partial charge in [-0.05, 0) is 31.9 Å². The molecule has 0 amide bonds. The molecular formula is C19H27N5S. The number of aromatic nitrogens is 1. The second-order valence-electron chi connectivity index (χ2n) is 6.56. The van der Waals surface area contributed by atoms with Crippen LogP contribution in [0.2, 0.25) is 0 Å². The minimum atomic E-state index is 0.412. The predicted molar refractivity (Wildman–Crippen MR) is 107 cm³/mol. The van der Waals surface area contributed by atoms with Gasteiger partial charge in [-0.1, -0.05) is 18.2 Å². The van der Waals surface area contributed by atoms with Gasteiger partial charge in [-0.25, -0.2) is 4.98 Å². The molecule has 1 aromatic heterocycles. The molecule has 1 aliphatic heterocycles. The molecule has 5 nitrogen and oxygen atoms in total. The van der Waals surface area contributed by atoms with Crippen molar-refractivity contribution < 1.29 is 0 Å². The van der Waals surface area contributed by atoms with Crippen LogP contribution in [-0.2, 0) is 13.0 Å². The summed E-state index contributed by atoms with van der Waals surface area (Å²) in [4.78, 5) is 13.6. The summed E-state index contributed by atoms with van der Waals surface area (Å²) in [5, 5.41) is 6.73. The molecule has 2 heterocycles. The van der Waals surface area contributed by atoms with Gasteiger partial charge in [0, 0.05) is 44.3 Å². The molecule has 1 atom stereocenters. The zero-order valence-corrected chi connectivity index (χ0v) is 16.3. The first-order valence-electron chi connectivity index (χ1n) is 8.76. The zero-order valence-electron chi connectivity index (χ0n) is 15.5. The molecule has 0 saturated heterocycles. The first-order valence-corrected chi connectivity index (χ1v) is 9.63. The van der Waals surface area contributed by atoms with Gasteiger partial charge in [0.25, 0.3) is 0 Å². The maximum atomic E-state index is 4.54. The number of guanidine groups is 1. The quantitative estimate of drug-likeness (QED) is 0.660. The fourth-order valence-electron chi connectivity index (χ4n) is 3.35. The minimum absolute atomic E-state index is 0.412. The van der Waals surface area contributed by atoms with Crippen LogP contribution in [0.3, 0.4) is 0 Å². The standard InChI is InChI=1S/C19H27N5S/c1-14(24-10-9-16-7-5-6-8-18(16)24)11-21-19(20-3)23(4)12-17-13-25-15(2)22-17/h5-8,13-14H,9-12H2,1-4H3,(H,20,21). The Labute approximate surface area is 154 Å². The second kappa shape index (κ2) is 7.87. The van der Waals surface area contributed by atoms with Gasteiger partial charge in [0.15, 0.2) is 5.96 Å². The van der Waals surface area contributed by atoms with Gasteiger partial charge in [-0.3, -0.25) is 4.99 Å². The number of thiazole rings is 1. The normalized spacial score (nSPS) is 15.2. The molecule has 3 rings (SSSR count). The number of hydrogen-bond donors (Lipinski definition) is 1. The number of aliphatic imine (C=N–C) groups is 1. The molecule has 6 heteroatoms. The van der Waals surface area contributed by atoms with Gasteiger partial charge in [0.1, 0.15) is 0 Å². The Kier molecular flexibility index (Phi) is 5.58. The summed E-state index contributed by atoms with van der Waals surface area (Å²) >= 11 is 1.69. The van der Waals surface area contributed by atoms with Gasteiger partial charge >= 0.3 is 0 Å². The van der Waals surface area contributed by atoms with Crippen LogP contribution in [-0.4, -0.2) is 49.1 Å². The second-order valence-corrected chi connectivity index (χ2v) is 7.63. The third kappa shape index (κ3) is 4.12. The average Bonchev–Trinajstić information content (AvgIpc) is 3.21. The van der Waals surface area contributed by atoms with Crippen LogP contribution in [0.5, 0.6) is 0 Å². The molecule has 0 aliphatic carbocycles. The lowest BCUT2D eigenvalue weighted by Gasteiger charge is -2.29. The fraction of sp³-hybridized carbons (Fsp3) is 0.474. The Balaban J connectivity index is 1.56. The SMILES string of the molecule is CN=C(NCC(C)N1CCc2ccccc21)N(C)Cc1csc(C)n1. The first kappa shape index (κ1) is 17.7. The van der Waals surface area contributed by atoms with Crippen LogP contribution in [0.1, 0.15) is 23.2 Å². The smallest absolute Gasteiger partial charge is 0.193 e. The van der Waals surface area contributed by atoms with E-state index in [0.29, 0.717) is 6.04 Å². The van der Waals surface area contributed by atoms with Crippen molar-refractivity contribution in [3.63, 3.8) is 0 Å². The molecule has 0 saturated carbocycles. The fourth-order valence-corrected chi connectivity index (χ4v) is 3.96. The van der Waals surface area contributed by atoms with Crippen molar-refractivity contribution in [1.82, 2.24) is 15.2 Å². The Bertz CT molecular complexity index is 739. The summed E-state index contributed by atoms with van der Waals surface area (Å²) in [6.07, 6.45) is 1.14. The van der Waals surface area contributed by atoms with Crippen LogP contribution in [0, 0.1) is 6.92 Å². The summed E-state index contributed by atoms with van der Waals surface area (Å²) in [6.45, 7) is 7.03. The van der Waals surface area contributed by atoms with E-state index in [0.717, 1.165) is 42.7 Å². The van der Waals surface area contributed by atoms with E-state index in [1.54, 1.807) is 11.3 Å². The van der Waals surface area contributed by atoms with E-state index in [-0.39, 0.29) is 0 Å². The van der Waals surface area contributed by atoms with E-state index >= 15 is 0 Å². The third-order valence-electron chi connectivity index (χ3n) is 4.65. The number of benzene rings is 1. The molecule has 2 aromatic rings. The highest BCUT2D eigenvalue weighted by Crippen LogP contribution is 2.28. The van der Waals surface area contributed by atoms with Gasteiger partial charge in [-0.15, -0.1) is 11.3 Å². The molecule has 0 radical (unpaired) electrons. The van der Waals surface area contributed by atoms with E-state index in [9.17, 15) is 0 Å². The predicted octanol–water partition coefficient (Wildman–Crippen LogP) is 2.91. The Morgan fingerprint density at radius 1 is 1.44 bits per heavy atom. The highest BCUT2D eigenvalue weighted by molar-refractivity contribution is 7.09. The number of nitrogens with zero attached hydrogens (tertiary/aromatic N) is 4. The molecule has 134 valence electrons. The number of fused-ring (bicyclic) bond motifs is 1. The summed E-state index contributed by atoms with van der Waals surface area (Å²) < 4.78 is 0. The van der Waals surface area contributed by atoms with Gasteiger partial charge in [0.2, 0.25) is 0 Å². The van der Waals surface area contributed by atoms with E-state index in [4.69, 9.17) is 0 Å². The summed E-state index contributed by atoms with van der Waals surface area (Å²) in [5.74, 6) is 0.907. The number of anilines is 1. The highest BCUT2D eigenvalue weighted by Gasteiger charge is 2.23. The Hall–Kier alpha value is -2.08. The van der Waals surface area contributed by atoms with Crippen LogP contribution in [0.4, 0.5) is 5.69 Å². The molecule has 0 spiro atoms. The van der Waals surface area contributed by atoms with E-state index < -0.39 is 0 Å². The molecule has 1 N–H and O–H groups in total. The molecule has 25 heavy (non-hydrogen) atoms. The number of para-hydroxylation sites is 1. The third-order valence-corrected chi connectivity index (χ3v) is 5.47. The van der Waals surface area contributed by atoms with Crippen LogP contribution in [0.15, 0.2) is 34.6 Å². The molecule has 1 unspecified atom stereocenters. The minimum Gasteiger partial charge on any atom is -0.366 e. The van der Waals surface area contributed by atoms with Gasteiger partial charge in [-0.2, -0.15) is 0 Å². The van der Waals surface area contributed by atoms with E-state index in [1.165, 1.54) is 11.3 Å². The number of aryl methyl sites for hydroxylation is 1. The van der Waals surface area contributed by atoms with Crippen LogP contribution < -0.4 is 10.2 Å². The largest absolute Gasteiger partial charge is 0.366 e. The maximum absolute atomic E-state index is 4.54. The molecule has 1 aliphatic rings. The molecule has 1 aromatic carbocycles. The molecular weight excluding hydrogens is 330 g/mol. The zero-order chi connectivity index (χ0) is 17.8. The lowest BCUT2D eigenvalue weighted by molar-refractivity contribution is 0.465. The van der Waals surface area contributed by atoms with Crippen molar-refractivity contribution in [2.45, 2.75) is 32.9 Å². The summed E-state index contributed by atoms with van der Waals surface area (Å²) in [7, 11) is 3.89. The number of rotatable bonds is 5. The van der Waals surface area contributed by atoms with Crippen molar-refractivity contribution in [1.29, 1.82) is 0 Å². The van der Waals surface area contributed by atoms with E-state index in [1.807, 2.05) is 14.0 Å². The lowest BCUT2D eigenvalue weighted by Crippen LogP contribution is -2.46. The monoisotopic (exact) mass is 357 g/mol. The topological polar surface area (TPSA) is 43.8 Å². The summed E-state index contributed by atoms with van der Waals surface area (Å²) in [6, 6.07) is 9.13. The van der Waals surface area contributed by atoms with Crippen molar-refractivity contribution >= 4 is 23.0 Å². The van der Waals surface area contributed by atoms with Crippen molar-refractivity contribution in [2.75, 3.05) is 32.1 Å².